The Kier molecular flexibility index (Phi) is 3.89. The number of aromatic nitrogens is 2. The van der Waals surface area contributed by atoms with Crippen LogP contribution in [-0.2, 0) is 0 Å². The number of hydrogen-bond acceptors (Lipinski definition) is 4. The van der Waals surface area contributed by atoms with E-state index < -0.39 is 0 Å². The molecule has 0 N–H and O–H groups in total. The van der Waals surface area contributed by atoms with Crippen LogP contribution in [0.3, 0.4) is 0 Å². The molecule has 4 rings (SSSR count). The smallest absolute Gasteiger partial charge is 0.274 e. The molecule has 0 aliphatic rings. The predicted molar refractivity (Wildman–Crippen MR) is 106 cm³/mol. The third-order valence-corrected chi connectivity index (χ3v) is 5.74. The molecule has 0 saturated carbocycles. The zero-order chi connectivity index (χ0) is 17.7. The molecule has 0 unspecified atom stereocenters. The molecule has 0 saturated heterocycles. The SMILES string of the molecule is COc1ccc(C=c2sc3nc4c(C)cc(C)cc4n3c2=O)cc1Br. The summed E-state index contributed by atoms with van der Waals surface area (Å²) in [5.74, 6) is 0.762. The van der Waals surface area contributed by atoms with E-state index in [0.29, 0.717) is 4.53 Å². The van der Waals surface area contributed by atoms with E-state index in [9.17, 15) is 4.79 Å². The van der Waals surface area contributed by atoms with Crippen LogP contribution in [0.5, 0.6) is 5.75 Å². The first-order valence-corrected chi connectivity index (χ1v) is 9.36. The topological polar surface area (TPSA) is 43.6 Å². The predicted octanol–water partition coefficient (Wildman–Crippen LogP) is 3.84. The number of benzene rings is 2. The maximum atomic E-state index is 12.9. The van der Waals surface area contributed by atoms with Gasteiger partial charge >= 0.3 is 0 Å². The molecule has 4 aromatic rings. The molecule has 0 bridgehead atoms. The second-order valence-corrected chi connectivity index (χ2v) is 7.85. The maximum Gasteiger partial charge on any atom is 0.274 e. The fourth-order valence-corrected chi connectivity index (χ4v) is 4.57. The summed E-state index contributed by atoms with van der Waals surface area (Å²) in [5.41, 5.74) is 4.90. The number of thiazole rings is 1. The van der Waals surface area contributed by atoms with Gasteiger partial charge in [0, 0.05) is 0 Å². The molecule has 6 heteroatoms. The number of nitrogens with zero attached hydrogens (tertiary/aromatic N) is 2. The molecule has 4 nitrogen and oxygen atoms in total. The van der Waals surface area contributed by atoms with Gasteiger partial charge in [-0.05, 0) is 70.7 Å². The van der Waals surface area contributed by atoms with Crippen molar-refractivity contribution in [3.8, 4) is 5.75 Å². The Labute approximate surface area is 156 Å². The molecule has 126 valence electrons. The van der Waals surface area contributed by atoms with Crippen molar-refractivity contribution in [2.45, 2.75) is 13.8 Å². The monoisotopic (exact) mass is 414 g/mol. The minimum absolute atomic E-state index is 0.0283. The summed E-state index contributed by atoms with van der Waals surface area (Å²) in [6.45, 7) is 4.06. The average molecular weight is 415 g/mol. The van der Waals surface area contributed by atoms with Gasteiger partial charge in [-0.25, -0.2) is 9.38 Å². The van der Waals surface area contributed by atoms with Crippen molar-refractivity contribution >= 4 is 49.3 Å². The number of fused-ring (bicyclic) bond motifs is 3. The number of halogens is 1. The van der Waals surface area contributed by atoms with E-state index in [1.807, 2.05) is 44.2 Å². The van der Waals surface area contributed by atoms with E-state index in [4.69, 9.17) is 4.74 Å². The quantitative estimate of drug-likeness (QED) is 0.500. The summed E-state index contributed by atoms with van der Waals surface area (Å²) in [6.07, 6.45) is 1.89. The molecule has 0 aliphatic heterocycles. The Bertz CT molecular complexity index is 1240. The van der Waals surface area contributed by atoms with E-state index in [1.54, 1.807) is 11.5 Å². The first-order valence-electron chi connectivity index (χ1n) is 7.75. The van der Waals surface area contributed by atoms with Crippen molar-refractivity contribution in [1.82, 2.24) is 9.38 Å². The van der Waals surface area contributed by atoms with Crippen LogP contribution in [0.25, 0.3) is 22.1 Å². The highest BCUT2D eigenvalue weighted by Crippen LogP contribution is 2.26. The molecule has 0 amide bonds. The van der Waals surface area contributed by atoms with Crippen LogP contribution in [0, 0.1) is 13.8 Å². The summed E-state index contributed by atoms with van der Waals surface area (Å²) in [6, 6.07) is 9.85. The molecule has 0 spiro atoms. The van der Waals surface area contributed by atoms with Gasteiger partial charge in [-0.15, -0.1) is 0 Å². The van der Waals surface area contributed by atoms with Crippen molar-refractivity contribution < 1.29 is 4.74 Å². The van der Waals surface area contributed by atoms with Crippen LogP contribution in [0.1, 0.15) is 16.7 Å². The minimum atomic E-state index is -0.0283. The number of rotatable bonds is 2. The van der Waals surface area contributed by atoms with Crippen LogP contribution in [-0.4, -0.2) is 16.5 Å². The van der Waals surface area contributed by atoms with Crippen molar-refractivity contribution in [3.63, 3.8) is 0 Å². The molecule has 2 aromatic carbocycles. The fraction of sp³-hybridized carbons (Fsp3) is 0.158. The van der Waals surface area contributed by atoms with Gasteiger partial charge in [0.05, 0.1) is 27.1 Å². The highest BCUT2D eigenvalue weighted by atomic mass is 79.9. The van der Waals surface area contributed by atoms with Gasteiger partial charge in [-0.3, -0.25) is 4.79 Å². The molecule has 0 radical (unpaired) electrons. The van der Waals surface area contributed by atoms with Gasteiger partial charge in [-0.2, -0.15) is 0 Å². The number of imidazole rings is 1. The summed E-state index contributed by atoms with van der Waals surface area (Å²) in [4.78, 5) is 18.3. The number of aryl methyl sites for hydroxylation is 2. The molecule has 0 atom stereocenters. The normalized spacial score (nSPS) is 12.4. The summed E-state index contributed by atoms with van der Waals surface area (Å²) >= 11 is 4.89. The molecule has 2 aromatic heterocycles. The lowest BCUT2D eigenvalue weighted by Gasteiger charge is -2.02. The molecule has 0 fully saturated rings. The molecule has 0 aliphatic carbocycles. The zero-order valence-electron chi connectivity index (χ0n) is 14.0. The van der Waals surface area contributed by atoms with Gasteiger partial charge < -0.3 is 4.74 Å². The zero-order valence-corrected chi connectivity index (χ0v) is 16.4. The van der Waals surface area contributed by atoms with E-state index >= 15 is 0 Å². The van der Waals surface area contributed by atoms with E-state index in [1.165, 1.54) is 11.3 Å². The first kappa shape index (κ1) is 16.3. The third-order valence-electron chi connectivity index (χ3n) is 4.15. The van der Waals surface area contributed by atoms with Crippen molar-refractivity contribution in [1.29, 1.82) is 0 Å². The Balaban J connectivity index is 1.96. The van der Waals surface area contributed by atoms with Crippen LogP contribution >= 0.6 is 27.3 Å². The van der Waals surface area contributed by atoms with Gasteiger partial charge in [0.15, 0.2) is 4.96 Å². The summed E-state index contributed by atoms with van der Waals surface area (Å²) in [5, 5.41) is 0. The maximum absolute atomic E-state index is 12.9. The second kappa shape index (κ2) is 5.97. The van der Waals surface area contributed by atoms with Crippen LogP contribution in [0.2, 0.25) is 0 Å². The van der Waals surface area contributed by atoms with Crippen molar-refractivity contribution in [3.05, 3.63) is 66.4 Å². The van der Waals surface area contributed by atoms with Gasteiger partial charge in [-0.1, -0.05) is 23.5 Å². The van der Waals surface area contributed by atoms with Crippen LogP contribution in [0.15, 0.2) is 39.6 Å². The number of methoxy groups -OCH3 is 1. The van der Waals surface area contributed by atoms with Crippen LogP contribution < -0.4 is 14.8 Å². The lowest BCUT2D eigenvalue weighted by atomic mass is 10.1. The Morgan fingerprint density at radius 2 is 2.04 bits per heavy atom. The molecular weight excluding hydrogens is 400 g/mol. The average Bonchev–Trinajstić information content (AvgIpc) is 3.06. The highest BCUT2D eigenvalue weighted by molar-refractivity contribution is 9.10. The molecular formula is C19H15BrN2O2S. The standard InChI is InChI=1S/C19H15BrN2O2S/c1-10-6-11(2)17-14(7-10)22-18(23)16(25-19(22)21-17)9-12-4-5-15(24-3)13(20)8-12/h4-9H,1-3H3. The largest absolute Gasteiger partial charge is 0.496 e. The first-order chi connectivity index (χ1) is 12.0. The third kappa shape index (κ3) is 2.65. The fourth-order valence-electron chi connectivity index (χ4n) is 3.03. The highest BCUT2D eigenvalue weighted by Gasteiger charge is 2.13. The Morgan fingerprint density at radius 3 is 2.76 bits per heavy atom. The van der Waals surface area contributed by atoms with Gasteiger partial charge in [0.1, 0.15) is 5.75 Å². The second-order valence-electron chi connectivity index (χ2n) is 5.99. The molecule has 25 heavy (non-hydrogen) atoms. The minimum Gasteiger partial charge on any atom is -0.496 e. The van der Waals surface area contributed by atoms with Crippen molar-refractivity contribution in [2.24, 2.45) is 0 Å². The lowest BCUT2D eigenvalue weighted by Crippen LogP contribution is -2.22. The lowest BCUT2D eigenvalue weighted by molar-refractivity contribution is 0.412. The van der Waals surface area contributed by atoms with Crippen molar-refractivity contribution in [2.75, 3.05) is 7.11 Å². The van der Waals surface area contributed by atoms with Gasteiger partial charge in [0.2, 0.25) is 0 Å². The summed E-state index contributed by atoms with van der Waals surface area (Å²) < 4.78 is 8.48. The number of ether oxygens (including phenoxy) is 1. The van der Waals surface area contributed by atoms with E-state index in [2.05, 4.69) is 27.0 Å². The Hall–Kier alpha value is -2.18. The van der Waals surface area contributed by atoms with E-state index in [-0.39, 0.29) is 5.56 Å². The Morgan fingerprint density at radius 1 is 1.24 bits per heavy atom. The number of hydrogen-bond donors (Lipinski definition) is 0. The molecule has 2 heterocycles. The summed E-state index contributed by atoms with van der Waals surface area (Å²) in [7, 11) is 1.63. The van der Waals surface area contributed by atoms with Gasteiger partial charge in [0.25, 0.3) is 5.56 Å². The van der Waals surface area contributed by atoms with E-state index in [0.717, 1.165) is 42.9 Å². The van der Waals surface area contributed by atoms with Crippen LogP contribution in [0.4, 0.5) is 0 Å².